The molecule has 0 saturated heterocycles. The third-order valence-corrected chi connectivity index (χ3v) is 4.59. The van der Waals surface area contributed by atoms with Gasteiger partial charge >= 0.3 is 5.63 Å². The smallest absolute Gasteiger partial charge is 0.336 e. The molecule has 4 nitrogen and oxygen atoms in total. The number of fused-ring (bicyclic) bond motifs is 2. The van der Waals surface area contributed by atoms with E-state index >= 15 is 0 Å². The van der Waals surface area contributed by atoms with Crippen molar-refractivity contribution >= 4 is 37.9 Å². The Morgan fingerprint density at radius 3 is 2.58 bits per heavy atom. The number of benzene rings is 2. The molecule has 4 rings (SSSR count). The SMILES string of the molecule is COc1ccc2c(-c3oc4ccc(Br)cc4c3C)cc(=O)oc2c1. The summed E-state index contributed by atoms with van der Waals surface area (Å²) in [6.45, 7) is 1.98. The number of rotatable bonds is 2. The molecule has 0 atom stereocenters. The summed E-state index contributed by atoms with van der Waals surface area (Å²) in [7, 11) is 1.57. The summed E-state index contributed by atoms with van der Waals surface area (Å²) in [5.74, 6) is 1.30. The second-order valence-corrected chi connectivity index (χ2v) is 6.45. The normalized spacial score (nSPS) is 11.3. The van der Waals surface area contributed by atoms with E-state index < -0.39 is 5.63 Å². The molecule has 0 amide bonds. The van der Waals surface area contributed by atoms with Gasteiger partial charge in [-0.15, -0.1) is 0 Å². The maximum absolute atomic E-state index is 12.0. The van der Waals surface area contributed by atoms with Gasteiger partial charge in [-0.1, -0.05) is 15.9 Å². The molecule has 120 valence electrons. The van der Waals surface area contributed by atoms with E-state index in [1.54, 1.807) is 13.2 Å². The van der Waals surface area contributed by atoms with Crippen molar-refractivity contribution in [3.63, 3.8) is 0 Å². The van der Waals surface area contributed by atoms with Gasteiger partial charge in [0, 0.05) is 38.5 Å². The molecule has 0 radical (unpaired) electrons. The largest absolute Gasteiger partial charge is 0.497 e. The average molecular weight is 385 g/mol. The van der Waals surface area contributed by atoms with E-state index in [-0.39, 0.29) is 0 Å². The van der Waals surface area contributed by atoms with Crippen LogP contribution in [0.2, 0.25) is 0 Å². The van der Waals surface area contributed by atoms with Crippen molar-refractivity contribution in [1.29, 1.82) is 0 Å². The van der Waals surface area contributed by atoms with Crippen molar-refractivity contribution in [3.05, 3.63) is 62.9 Å². The first-order chi connectivity index (χ1) is 11.6. The van der Waals surface area contributed by atoms with Crippen LogP contribution in [-0.4, -0.2) is 7.11 Å². The van der Waals surface area contributed by atoms with Crippen molar-refractivity contribution in [1.82, 2.24) is 0 Å². The van der Waals surface area contributed by atoms with E-state index in [0.29, 0.717) is 22.7 Å². The lowest BCUT2D eigenvalue weighted by Gasteiger charge is -2.05. The van der Waals surface area contributed by atoms with Gasteiger partial charge in [0.1, 0.15) is 22.7 Å². The first-order valence-electron chi connectivity index (χ1n) is 7.38. The fourth-order valence-corrected chi connectivity index (χ4v) is 3.27. The second kappa shape index (κ2) is 5.53. The van der Waals surface area contributed by atoms with Crippen LogP contribution < -0.4 is 10.4 Å². The van der Waals surface area contributed by atoms with Crippen LogP contribution in [0.3, 0.4) is 0 Å². The number of hydrogen-bond acceptors (Lipinski definition) is 4. The molecule has 5 heteroatoms. The minimum Gasteiger partial charge on any atom is -0.497 e. The molecule has 4 aromatic rings. The zero-order valence-electron chi connectivity index (χ0n) is 13.1. The second-order valence-electron chi connectivity index (χ2n) is 5.54. The minimum atomic E-state index is -0.424. The van der Waals surface area contributed by atoms with Crippen molar-refractivity contribution in [2.24, 2.45) is 0 Å². The van der Waals surface area contributed by atoms with E-state index in [1.165, 1.54) is 6.07 Å². The van der Waals surface area contributed by atoms with Gasteiger partial charge in [-0.25, -0.2) is 4.79 Å². The maximum atomic E-state index is 12.0. The van der Waals surface area contributed by atoms with Gasteiger partial charge in [-0.3, -0.25) is 0 Å². The molecule has 2 aromatic heterocycles. The van der Waals surface area contributed by atoms with Crippen molar-refractivity contribution in [2.75, 3.05) is 7.11 Å². The Morgan fingerprint density at radius 1 is 0.958 bits per heavy atom. The topological polar surface area (TPSA) is 52.6 Å². The molecular formula is C19H13BrO4. The molecule has 0 fully saturated rings. The predicted molar refractivity (Wildman–Crippen MR) is 96.7 cm³/mol. The van der Waals surface area contributed by atoms with Gasteiger partial charge in [0.15, 0.2) is 0 Å². The van der Waals surface area contributed by atoms with Gasteiger partial charge in [0.2, 0.25) is 0 Å². The van der Waals surface area contributed by atoms with Gasteiger partial charge in [0.25, 0.3) is 0 Å². The highest BCUT2D eigenvalue weighted by molar-refractivity contribution is 9.10. The quantitative estimate of drug-likeness (QED) is 0.440. The highest BCUT2D eigenvalue weighted by atomic mass is 79.9. The number of aryl methyl sites for hydroxylation is 1. The predicted octanol–water partition coefficient (Wildman–Crippen LogP) is 5.29. The molecule has 2 aromatic carbocycles. The molecule has 0 saturated carbocycles. The summed E-state index contributed by atoms with van der Waals surface area (Å²) >= 11 is 3.48. The molecule has 0 bridgehead atoms. The van der Waals surface area contributed by atoms with Crippen LogP contribution >= 0.6 is 15.9 Å². The number of halogens is 1. The molecule has 0 unspecified atom stereocenters. The number of ether oxygens (including phenoxy) is 1. The Labute approximate surface area is 145 Å². The summed E-state index contributed by atoms with van der Waals surface area (Å²) < 4.78 is 17.5. The molecule has 24 heavy (non-hydrogen) atoms. The van der Waals surface area contributed by atoms with Crippen molar-refractivity contribution in [3.8, 4) is 17.1 Å². The van der Waals surface area contributed by atoms with Gasteiger partial charge in [-0.05, 0) is 37.3 Å². The Bertz CT molecular complexity index is 1140. The highest BCUT2D eigenvalue weighted by Crippen LogP contribution is 2.37. The molecule has 0 aliphatic rings. The summed E-state index contributed by atoms with van der Waals surface area (Å²) in [6.07, 6.45) is 0. The van der Waals surface area contributed by atoms with Crippen molar-refractivity contribution in [2.45, 2.75) is 6.92 Å². The summed E-state index contributed by atoms with van der Waals surface area (Å²) in [5.41, 5.74) is 2.52. The average Bonchev–Trinajstić information content (AvgIpc) is 2.90. The van der Waals surface area contributed by atoms with Crippen LogP contribution in [-0.2, 0) is 0 Å². The van der Waals surface area contributed by atoms with Gasteiger partial charge < -0.3 is 13.6 Å². The van der Waals surface area contributed by atoms with Crippen LogP contribution in [0.25, 0.3) is 33.3 Å². The fraction of sp³-hybridized carbons (Fsp3) is 0.105. The zero-order chi connectivity index (χ0) is 16.8. The standard InChI is InChI=1S/C19H13BrO4/c1-10-14-7-11(20)3-6-16(14)24-19(10)15-9-18(21)23-17-8-12(22-2)4-5-13(15)17/h3-9H,1-2H3. The molecule has 0 aliphatic carbocycles. The van der Waals surface area contributed by atoms with Crippen LogP contribution in [0, 0.1) is 6.92 Å². The zero-order valence-corrected chi connectivity index (χ0v) is 14.6. The van der Waals surface area contributed by atoms with Gasteiger partial charge in [0.05, 0.1) is 7.11 Å². The number of hydrogen-bond donors (Lipinski definition) is 0. The monoisotopic (exact) mass is 384 g/mol. The van der Waals surface area contributed by atoms with Crippen LogP contribution in [0.5, 0.6) is 5.75 Å². The van der Waals surface area contributed by atoms with Gasteiger partial charge in [-0.2, -0.15) is 0 Å². The molecule has 0 N–H and O–H groups in total. The van der Waals surface area contributed by atoms with Crippen LogP contribution in [0.1, 0.15) is 5.56 Å². The first-order valence-corrected chi connectivity index (χ1v) is 8.17. The van der Waals surface area contributed by atoms with Crippen molar-refractivity contribution < 1.29 is 13.6 Å². The lowest BCUT2D eigenvalue weighted by molar-refractivity contribution is 0.414. The Hall–Kier alpha value is -2.53. The molecular weight excluding hydrogens is 372 g/mol. The van der Waals surface area contributed by atoms with Crippen LogP contribution in [0.4, 0.5) is 0 Å². The molecule has 0 spiro atoms. The minimum absolute atomic E-state index is 0.424. The maximum Gasteiger partial charge on any atom is 0.336 e. The van der Waals surface area contributed by atoms with E-state index in [1.807, 2.05) is 37.3 Å². The van der Waals surface area contributed by atoms with Crippen LogP contribution in [0.15, 0.2) is 60.6 Å². The Balaban J connectivity index is 2.06. The van der Waals surface area contributed by atoms with E-state index in [4.69, 9.17) is 13.6 Å². The Kier molecular flexibility index (Phi) is 3.46. The van der Waals surface area contributed by atoms with E-state index in [2.05, 4.69) is 15.9 Å². The lowest BCUT2D eigenvalue weighted by Crippen LogP contribution is -1.98. The summed E-state index contributed by atoms with van der Waals surface area (Å²) in [4.78, 5) is 12.0. The van der Waals surface area contributed by atoms with E-state index in [9.17, 15) is 4.79 Å². The summed E-state index contributed by atoms with van der Waals surface area (Å²) in [5, 5.41) is 1.81. The number of methoxy groups -OCH3 is 1. The molecule has 0 aliphatic heterocycles. The number of furan rings is 1. The Morgan fingerprint density at radius 2 is 1.79 bits per heavy atom. The summed E-state index contributed by atoms with van der Waals surface area (Å²) in [6, 6.07) is 12.7. The third-order valence-electron chi connectivity index (χ3n) is 4.09. The lowest BCUT2D eigenvalue weighted by atomic mass is 10.0. The highest BCUT2D eigenvalue weighted by Gasteiger charge is 2.17. The third kappa shape index (κ3) is 2.32. The molecule has 2 heterocycles. The first kappa shape index (κ1) is 15.0. The van der Waals surface area contributed by atoms with E-state index in [0.717, 1.165) is 26.4 Å². The fourth-order valence-electron chi connectivity index (χ4n) is 2.91.